The molecule has 0 aliphatic heterocycles. The van der Waals surface area contributed by atoms with Crippen molar-refractivity contribution in [2.75, 3.05) is 13.6 Å². The molecule has 1 amide bonds. The van der Waals surface area contributed by atoms with Gasteiger partial charge in [0.05, 0.1) is 22.8 Å². The van der Waals surface area contributed by atoms with Crippen molar-refractivity contribution in [3.05, 3.63) is 65.2 Å². The molecule has 3 rings (SSSR count). The highest BCUT2D eigenvalue weighted by Crippen LogP contribution is 2.22. The third kappa shape index (κ3) is 4.87. The molecule has 0 radical (unpaired) electrons. The second-order valence-corrected chi connectivity index (χ2v) is 7.38. The van der Waals surface area contributed by atoms with Crippen LogP contribution in [0.1, 0.15) is 30.0 Å². The van der Waals surface area contributed by atoms with Crippen LogP contribution in [0.2, 0.25) is 0 Å². The number of para-hydroxylation sites is 1. The molecule has 5 heteroatoms. The Balaban J connectivity index is 1.46. The number of nitrogens with zero attached hydrogens (tertiary/aromatic N) is 2. The number of rotatable bonds is 7. The van der Waals surface area contributed by atoms with Gasteiger partial charge < -0.3 is 5.32 Å². The van der Waals surface area contributed by atoms with Gasteiger partial charge in [-0.15, -0.1) is 11.3 Å². The highest BCUT2D eigenvalue weighted by atomic mass is 32.1. The summed E-state index contributed by atoms with van der Waals surface area (Å²) < 4.78 is 1.21. The second-order valence-electron chi connectivity index (χ2n) is 6.26. The highest BCUT2D eigenvalue weighted by Gasteiger charge is 2.11. The molecule has 1 heterocycles. The minimum atomic E-state index is 0.0308. The predicted octanol–water partition coefficient (Wildman–Crippen LogP) is 4.00. The van der Waals surface area contributed by atoms with E-state index in [-0.39, 0.29) is 11.9 Å². The molecular weight excluding hydrogens is 330 g/mol. The summed E-state index contributed by atoms with van der Waals surface area (Å²) >= 11 is 1.71. The van der Waals surface area contributed by atoms with Gasteiger partial charge in [0.15, 0.2) is 0 Å². The van der Waals surface area contributed by atoms with Crippen molar-refractivity contribution in [1.82, 2.24) is 15.2 Å². The Kier molecular flexibility index (Phi) is 5.79. The lowest BCUT2D eigenvalue weighted by molar-refractivity contribution is -0.122. The number of fused-ring (bicyclic) bond motifs is 1. The fourth-order valence-corrected chi connectivity index (χ4v) is 3.78. The van der Waals surface area contributed by atoms with Crippen molar-refractivity contribution in [3.63, 3.8) is 0 Å². The summed E-state index contributed by atoms with van der Waals surface area (Å²) in [6.45, 7) is 3.49. The monoisotopic (exact) mass is 353 g/mol. The van der Waals surface area contributed by atoms with Crippen LogP contribution in [-0.2, 0) is 11.3 Å². The zero-order valence-electron chi connectivity index (χ0n) is 14.6. The molecule has 2 aromatic carbocycles. The van der Waals surface area contributed by atoms with Gasteiger partial charge in [-0.2, -0.15) is 0 Å². The topological polar surface area (TPSA) is 45.2 Å². The fraction of sp³-hybridized carbons (Fsp3) is 0.300. The van der Waals surface area contributed by atoms with Crippen LogP contribution in [0.15, 0.2) is 54.6 Å². The zero-order chi connectivity index (χ0) is 17.6. The summed E-state index contributed by atoms with van der Waals surface area (Å²) in [6.07, 6.45) is 0.485. The lowest BCUT2D eigenvalue weighted by atomic mass is 10.1. The molecule has 1 atom stereocenters. The Labute approximate surface area is 152 Å². The van der Waals surface area contributed by atoms with E-state index in [2.05, 4.69) is 21.3 Å². The predicted molar refractivity (Wildman–Crippen MR) is 104 cm³/mol. The van der Waals surface area contributed by atoms with Crippen molar-refractivity contribution >= 4 is 27.5 Å². The van der Waals surface area contributed by atoms with Gasteiger partial charge in [-0.1, -0.05) is 42.5 Å². The largest absolute Gasteiger partial charge is 0.350 e. The molecule has 0 aliphatic carbocycles. The summed E-state index contributed by atoms with van der Waals surface area (Å²) in [6, 6.07) is 18.2. The lowest BCUT2D eigenvalue weighted by Crippen LogP contribution is -2.30. The van der Waals surface area contributed by atoms with E-state index in [4.69, 9.17) is 0 Å². The van der Waals surface area contributed by atoms with Crippen LogP contribution < -0.4 is 5.32 Å². The first-order valence-electron chi connectivity index (χ1n) is 8.49. The van der Waals surface area contributed by atoms with Crippen molar-refractivity contribution in [2.24, 2.45) is 0 Å². The minimum absolute atomic E-state index is 0.0308. The van der Waals surface area contributed by atoms with Gasteiger partial charge in [0.25, 0.3) is 0 Å². The van der Waals surface area contributed by atoms with E-state index < -0.39 is 0 Å². The number of aromatic nitrogens is 1. The summed E-state index contributed by atoms with van der Waals surface area (Å²) in [5, 5.41) is 4.14. The molecule has 4 nitrogen and oxygen atoms in total. The Morgan fingerprint density at radius 1 is 1.16 bits per heavy atom. The molecule has 0 bridgehead atoms. The van der Waals surface area contributed by atoms with Crippen molar-refractivity contribution < 1.29 is 4.79 Å². The van der Waals surface area contributed by atoms with E-state index in [1.54, 1.807) is 11.3 Å². The van der Waals surface area contributed by atoms with E-state index in [1.165, 1.54) is 4.70 Å². The number of benzene rings is 2. The highest BCUT2D eigenvalue weighted by molar-refractivity contribution is 7.18. The van der Waals surface area contributed by atoms with Gasteiger partial charge in [-0.05, 0) is 31.7 Å². The smallest absolute Gasteiger partial charge is 0.221 e. The average molecular weight is 353 g/mol. The molecule has 0 saturated carbocycles. The standard InChI is InChI=1S/C20H23N3OS/c1-15(16-8-4-3-5-9-16)21-19(24)12-13-23(2)14-20-22-17-10-6-7-11-18(17)25-20/h3-11,15H,12-14H2,1-2H3,(H,21,24). The number of nitrogens with one attached hydrogen (secondary N) is 1. The number of hydrogen-bond acceptors (Lipinski definition) is 4. The number of thiazole rings is 1. The second kappa shape index (κ2) is 8.23. The Morgan fingerprint density at radius 3 is 2.64 bits per heavy atom. The molecule has 3 aromatic rings. The summed E-state index contributed by atoms with van der Waals surface area (Å²) in [7, 11) is 2.03. The van der Waals surface area contributed by atoms with Gasteiger partial charge in [0, 0.05) is 13.0 Å². The fourth-order valence-electron chi connectivity index (χ4n) is 2.73. The molecule has 0 aliphatic rings. The summed E-state index contributed by atoms with van der Waals surface area (Å²) in [5.41, 5.74) is 2.17. The van der Waals surface area contributed by atoms with Gasteiger partial charge in [-0.25, -0.2) is 4.98 Å². The first kappa shape index (κ1) is 17.6. The van der Waals surface area contributed by atoms with Crippen LogP contribution >= 0.6 is 11.3 Å². The third-order valence-electron chi connectivity index (χ3n) is 4.14. The molecular formula is C20H23N3OS. The van der Waals surface area contributed by atoms with Crippen LogP contribution in [0, 0.1) is 0 Å². The van der Waals surface area contributed by atoms with Gasteiger partial charge in [-0.3, -0.25) is 9.69 Å². The lowest BCUT2D eigenvalue weighted by Gasteiger charge is -2.17. The maximum atomic E-state index is 12.2. The number of carbonyl (C=O) groups is 1. The van der Waals surface area contributed by atoms with Crippen molar-refractivity contribution in [3.8, 4) is 0 Å². The SMILES string of the molecule is CC(NC(=O)CCN(C)Cc1nc2ccccc2s1)c1ccccc1. The molecule has 0 fully saturated rings. The first-order valence-corrected chi connectivity index (χ1v) is 9.31. The maximum Gasteiger partial charge on any atom is 0.221 e. The van der Waals surface area contributed by atoms with Crippen LogP contribution in [0.4, 0.5) is 0 Å². The maximum absolute atomic E-state index is 12.2. The van der Waals surface area contributed by atoms with Gasteiger partial charge in [0.2, 0.25) is 5.91 Å². The van der Waals surface area contributed by atoms with Crippen LogP contribution in [0.3, 0.4) is 0 Å². The quantitative estimate of drug-likeness (QED) is 0.698. The number of carbonyl (C=O) groups excluding carboxylic acids is 1. The minimum Gasteiger partial charge on any atom is -0.350 e. The van der Waals surface area contributed by atoms with Crippen molar-refractivity contribution in [1.29, 1.82) is 0 Å². The molecule has 1 N–H and O–H groups in total. The van der Waals surface area contributed by atoms with E-state index in [0.717, 1.165) is 22.6 Å². The molecule has 25 heavy (non-hydrogen) atoms. The van der Waals surface area contributed by atoms with Gasteiger partial charge >= 0.3 is 0 Å². The molecule has 1 aromatic heterocycles. The van der Waals surface area contributed by atoms with E-state index >= 15 is 0 Å². The van der Waals surface area contributed by atoms with Crippen LogP contribution in [0.25, 0.3) is 10.2 Å². The number of amides is 1. The molecule has 1 unspecified atom stereocenters. The van der Waals surface area contributed by atoms with Crippen LogP contribution in [0.5, 0.6) is 0 Å². The molecule has 0 saturated heterocycles. The Morgan fingerprint density at radius 2 is 1.88 bits per heavy atom. The first-order chi connectivity index (χ1) is 12.1. The van der Waals surface area contributed by atoms with Gasteiger partial charge in [0.1, 0.15) is 5.01 Å². The van der Waals surface area contributed by atoms with E-state index in [1.807, 2.05) is 62.5 Å². The van der Waals surface area contributed by atoms with E-state index in [0.29, 0.717) is 13.0 Å². The molecule has 0 spiro atoms. The van der Waals surface area contributed by atoms with Crippen LogP contribution in [-0.4, -0.2) is 29.4 Å². The summed E-state index contributed by atoms with van der Waals surface area (Å²) in [4.78, 5) is 19.0. The summed E-state index contributed by atoms with van der Waals surface area (Å²) in [5.74, 6) is 0.0764. The molecule has 130 valence electrons. The Bertz CT molecular complexity index is 798. The zero-order valence-corrected chi connectivity index (χ0v) is 15.4. The third-order valence-corrected chi connectivity index (χ3v) is 5.16. The average Bonchev–Trinajstić information content (AvgIpc) is 3.03. The number of hydrogen-bond donors (Lipinski definition) is 1. The normalized spacial score (nSPS) is 12.4. The van der Waals surface area contributed by atoms with E-state index in [9.17, 15) is 4.79 Å². The Hall–Kier alpha value is -2.24. The van der Waals surface area contributed by atoms with Crippen molar-refractivity contribution in [2.45, 2.75) is 25.9 Å².